The van der Waals surface area contributed by atoms with Crippen LogP contribution in [0.2, 0.25) is 0 Å². The van der Waals surface area contributed by atoms with Gasteiger partial charge in [0.2, 0.25) is 0 Å². The fourth-order valence-electron chi connectivity index (χ4n) is 2.46. The maximum atomic E-state index is 13.7. The number of rotatable bonds is 5. The number of hydrogen-bond acceptors (Lipinski definition) is 4. The van der Waals surface area contributed by atoms with E-state index in [9.17, 15) is 4.39 Å². The highest BCUT2D eigenvalue weighted by atomic mass is 19.1. The number of benzene rings is 1. The predicted molar refractivity (Wildman–Crippen MR) is 67.1 cm³/mol. The first-order chi connectivity index (χ1) is 8.66. The van der Waals surface area contributed by atoms with E-state index in [4.69, 9.17) is 15.2 Å². The zero-order valence-electron chi connectivity index (χ0n) is 10.7. The largest absolute Gasteiger partial charge is 0.494 e. The summed E-state index contributed by atoms with van der Waals surface area (Å²) in [5.74, 6) is -0.108. The van der Waals surface area contributed by atoms with Gasteiger partial charge in [0.1, 0.15) is 0 Å². The summed E-state index contributed by atoms with van der Waals surface area (Å²) in [6, 6.07) is 4.98. The summed E-state index contributed by atoms with van der Waals surface area (Å²) < 4.78 is 23.9. The summed E-state index contributed by atoms with van der Waals surface area (Å²) >= 11 is 0. The van der Waals surface area contributed by atoms with Gasteiger partial charge in [-0.2, -0.15) is 0 Å². The highest BCUT2D eigenvalue weighted by molar-refractivity contribution is 5.32. The fraction of sp³-hybridized carbons (Fsp3) is 0.538. The molecule has 100 valence electrons. The van der Waals surface area contributed by atoms with Crippen molar-refractivity contribution >= 4 is 0 Å². The molecule has 0 radical (unpaired) electrons. The van der Waals surface area contributed by atoms with Crippen LogP contribution >= 0.6 is 0 Å². The van der Waals surface area contributed by atoms with Crippen LogP contribution in [0.25, 0.3) is 0 Å². The second-order valence-electron chi connectivity index (χ2n) is 4.67. The summed E-state index contributed by atoms with van der Waals surface area (Å²) in [7, 11) is 3.30. The van der Waals surface area contributed by atoms with E-state index in [1.807, 2.05) is 13.1 Å². The summed E-state index contributed by atoms with van der Waals surface area (Å²) in [6.45, 7) is 1.71. The molecular weight excluding hydrogens is 235 g/mol. The molecule has 1 saturated heterocycles. The fourth-order valence-corrected chi connectivity index (χ4v) is 2.46. The molecule has 0 amide bonds. The minimum absolute atomic E-state index is 0.0170. The van der Waals surface area contributed by atoms with Crippen LogP contribution in [-0.4, -0.2) is 33.9 Å². The van der Waals surface area contributed by atoms with E-state index in [1.54, 1.807) is 6.07 Å². The van der Waals surface area contributed by atoms with Gasteiger partial charge in [-0.1, -0.05) is 6.07 Å². The third-order valence-electron chi connectivity index (χ3n) is 3.60. The zero-order chi connectivity index (χ0) is 13.2. The molecule has 5 heteroatoms. The Bertz CT molecular complexity index is 416. The molecule has 0 saturated carbocycles. The monoisotopic (exact) mass is 254 g/mol. The lowest BCUT2D eigenvalue weighted by atomic mass is 9.75. The van der Waals surface area contributed by atoms with Crippen LogP contribution in [-0.2, 0) is 4.74 Å². The van der Waals surface area contributed by atoms with Crippen molar-refractivity contribution in [2.24, 2.45) is 11.1 Å². The van der Waals surface area contributed by atoms with E-state index in [1.165, 1.54) is 13.2 Å². The van der Waals surface area contributed by atoms with Crippen LogP contribution in [0.4, 0.5) is 4.39 Å². The molecule has 1 aromatic carbocycles. The molecule has 1 aliphatic rings. The molecule has 1 heterocycles. The Morgan fingerprint density at radius 2 is 2.28 bits per heavy atom. The van der Waals surface area contributed by atoms with Crippen molar-refractivity contribution in [3.8, 4) is 5.75 Å². The summed E-state index contributed by atoms with van der Waals surface area (Å²) in [5, 5.41) is 3.21. The Morgan fingerprint density at radius 3 is 2.67 bits per heavy atom. The Balaban J connectivity index is 2.30. The van der Waals surface area contributed by atoms with E-state index >= 15 is 0 Å². The molecule has 18 heavy (non-hydrogen) atoms. The van der Waals surface area contributed by atoms with E-state index in [0.29, 0.717) is 19.8 Å². The Kier molecular flexibility index (Phi) is 3.85. The van der Waals surface area contributed by atoms with Crippen LogP contribution in [0.5, 0.6) is 5.75 Å². The van der Waals surface area contributed by atoms with Crippen molar-refractivity contribution in [2.75, 3.05) is 33.9 Å². The van der Waals surface area contributed by atoms with Crippen LogP contribution in [0.15, 0.2) is 18.2 Å². The lowest BCUT2D eigenvalue weighted by Gasteiger charge is -2.46. The van der Waals surface area contributed by atoms with Gasteiger partial charge in [-0.3, -0.25) is 0 Å². The summed E-state index contributed by atoms with van der Waals surface area (Å²) in [6.07, 6.45) is 0. The average molecular weight is 254 g/mol. The molecule has 0 aromatic heterocycles. The maximum absolute atomic E-state index is 13.7. The Hall–Kier alpha value is -1.17. The summed E-state index contributed by atoms with van der Waals surface area (Å²) in [5.41, 5.74) is 6.56. The first kappa shape index (κ1) is 13.3. The van der Waals surface area contributed by atoms with Gasteiger partial charge >= 0.3 is 0 Å². The Labute approximate surface area is 106 Å². The molecule has 1 unspecified atom stereocenters. The van der Waals surface area contributed by atoms with E-state index in [0.717, 1.165) is 5.56 Å². The smallest absolute Gasteiger partial charge is 0.165 e. The van der Waals surface area contributed by atoms with Gasteiger partial charge in [-0.25, -0.2) is 4.39 Å². The van der Waals surface area contributed by atoms with E-state index in [-0.39, 0.29) is 23.0 Å². The van der Waals surface area contributed by atoms with Crippen LogP contribution in [0.1, 0.15) is 11.6 Å². The highest BCUT2D eigenvalue weighted by Gasteiger charge is 2.44. The number of nitrogens with two attached hydrogens (primary N) is 1. The molecule has 1 fully saturated rings. The number of methoxy groups -OCH3 is 1. The van der Waals surface area contributed by atoms with Crippen LogP contribution < -0.4 is 15.8 Å². The van der Waals surface area contributed by atoms with Crippen molar-refractivity contribution in [1.29, 1.82) is 0 Å². The van der Waals surface area contributed by atoms with Crippen molar-refractivity contribution in [3.63, 3.8) is 0 Å². The SMILES string of the molecule is CNC(c1ccc(OC)c(F)c1)C1(CN)COC1. The quantitative estimate of drug-likeness (QED) is 0.825. The van der Waals surface area contributed by atoms with Crippen molar-refractivity contribution < 1.29 is 13.9 Å². The maximum Gasteiger partial charge on any atom is 0.165 e. The van der Waals surface area contributed by atoms with Gasteiger partial charge in [0.05, 0.1) is 20.3 Å². The van der Waals surface area contributed by atoms with Gasteiger partial charge in [-0.15, -0.1) is 0 Å². The number of hydrogen-bond donors (Lipinski definition) is 2. The van der Waals surface area contributed by atoms with Crippen molar-refractivity contribution in [1.82, 2.24) is 5.32 Å². The molecular formula is C13H19FN2O2. The molecule has 0 bridgehead atoms. The third kappa shape index (κ3) is 2.09. The molecule has 1 aromatic rings. The van der Waals surface area contributed by atoms with Crippen LogP contribution in [0.3, 0.4) is 0 Å². The van der Waals surface area contributed by atoms with Crippen LogP contribution in [0, 0.1) is 11.2 Å². The molecule has 3 N–H and O–H groups in total. The standard InChI is InChI=1S/C13H19FN2O2/c1-16-12(13(6-15)7-18-8-13)9-3-4-11(17-2)10(14)5-9/h3-5,12,16H,6-8,15H2,1-2H3. The number of nitrogens with one attached hydrogen (secondary N) is 1. The van der Waals surface area contributed by atoms with Gasteiger partial charge in [0, 0.05) is 18.0 Å². The minimum Gasteiger partial charge on any atom is -0.494 e. The third-order valence-corrected chi connectivity index (χ3v) is 3.60. The minimum atomic E-state index is -0.359. The van der Waals surface area contributed by atoms with Gasteiger partial charge in [0.25, 0.3) is 0 Å². The van der Waals surface area contributed by atoms with Crippen molar-refractivity contribution in [2.45, 2.75) is 6.04 Å². The molecule has 1 atom stereocenters. The second kappa shape index (κ2) is 5.22. The summed E-state index contributed by atoms with van der Waals surface area (Å²) in [4.78, 5) is 0. The molecule has 2 rings (SSSR count). The first-order valence-corrected chi connectivity index (χ1v) is 5.95. The normalized spacial score (nSPS) is 19.1. The van der Waals surface area contributed by atoms with Gasteiger partial charge < -0.3 is 20.5 Å². The van der Waals surface area contributed by atoms with Crippen molar-refractivity contribution in [3.05, 3.63) is 29.6 Å². The van der Waals surface area contributed by atoms with E-state index in [2.05, 4.69) is 5.32 Å². The number of halogens is 1. The molecule has 1 aliphatic heterocycles. The molecule has 0 aliphatic carbocycles. The Morgan fingerprint density at radius 1 is 1.56 bits per heavy atom. The highest BCUT2D eigenvalue weighted by Crippen LogP contribution is 2.40. The molecule has 4 nitrogen and oxygen atoms in total. The predicted octanol–water partition coefficient (Wildman–Crippen LogP) is 1.07. The first-order valence-electron chi connectivity index (χ1n) is 5.95. The topological polar surface area (TPSA) is 56.5 Å². The zero-order valence-corrected chi connectivity index (χ0v) is 10.7. The lowest BCUT2D eigenvalue weighted by Crippen LogP contribution is -2.55. The number of ether oxygens (including phenoxy) is 2. The van der Waals surface area contributed by atoms with Gasteiger partial charge in [0.15, 0.2) is 11.6 Å². The molecule has 0 spiro atoms. The van der Waals surface area contributed by atoms with E-state index < -0.39 is 0 Å². The lowest BCUT2D eigenvalue weighted by molar-refractivity contribution is -0.126. The average Bonchev–Trinajstić information content (AvgIpc) is 2.33. The van der Waals surface area contributed by atoms with Gasteiger partial charge in [-0.05, 0) is 24.7 Å². The second-order valence-corrected chi connectivity index (χ2v) is 4.67.